The van der Waals surface area contributed by atoms with E-state index in [2.05, 4.69) is 40.7 Å². The van der Waals surface area contributed by atoms with Gasteiger partial charge >= 0.3 is 0 Å². The third-order valence-electron chi connectivity index (χ3n) is 3.94. The smallest absolute Gasteiger partial charge is 0.191 e. The molecule has 0 bridgehead atoms. The van der Waals surface area contributed by atoms with Gasteiger partial charge in [-0.05, 0) is 39.5 Å². The summed E-state index contributed by atoms with van der Waals surface area (Å²) < 4.78 is 5.37. The van der Waals surface area contributed by atoms with Gasteiger partial charge in [0.15, 0.2) is 5.96 Å². The molecular weight excluding hydrogens is 427 g/mol. The molecule has 0 radical (unpaired) electrons. The highest BCUT2D eigenvalue weighted by molar-refractivity contribution is 14.0. The van der Waals surface area contributed by atoms with E-state index in [0.717, 1.165) is 23.8 Å². The molecule has 1 aromatic rings. The predicted octanol–water partition coefficient (Wildman–Crippen LogP) is 3.49. The summed E-state index contributed by atoms with van der Waals surface area (Å²) in [5.41, 5.74) is 1.13. The number of unbranched alkanes of at least 4 members (excludes halogenated alkanes) is 4. The normalized spacial score (nSPS) is 11.2. The Kier molecular flexibility index (Phi) is 14.6. The van der Waals surface area contributed by atoms with Gasteiger partial charge in [0.2, 0.25) is 0 Å². The maximum Gasteiger partial charge on any atom is 0.191 e. The number of nitrogens with zero attached hydrogens (tertiary/aromatic N) is 2. The summed E-state index contributed by atoms with van der Waals surface area (Å²) >= 11 is 0. The Morgan fingerprint density at radius 1 is 1.04 bits per heavy atom. The van der Waals surface area contributed by atoms with Crippen molar-refractivity contribution in [1.82, 2.24) is 15.5 Å². The molecule has 1 rings (SSSR count). The number of hydrogen-bond acceptors (Lipinski definition) is 3. The molecule has 0 spiro atoms. The fourth-order valence-electron chi connectivity index (χ4n) is 2.54. The first-order valence-corrected chi connectivity index (χ1v) is 8.88. The zero-order valence-electron chi connectivity index (χ0n) is 16.2. The number of benzene rings is 1. The summed E-state index contributed by atoms with van der Waals surface area (Å²) in [6.07, 6.45) is 6.37. The van der Waals surface area contributed by atoms with Crippen molar-refractivity contribution in [1.29, 1.82) is 0 Å². The number of aliphatic imine (C=N–C) groups is 1. The van der Waals surface area contributed by atoms with E-state index in [1.165, 1.54) is 38.6 Å². The second-order valence-corrected chi connectivity index (χ2v) is 6.24. The highest BCUT2D eigenvalue weighted by Gasteiger charge is 2.03. The van der Waals surface area contributed by atoms with E-state index in [-0.39, 0.29) is 24.0 Å². The van der Waals surface area contributed by atoms with Crippen LogP contribution < -0.4 is 15.4 Å². The fourth-order valence-corrected chi connectivity index (χ4v) is 2.54. The number of rotatable bonds is 11. The van der Waals surface area contributed by atoms with E-state index in [9.17, 15) is 0 Å². The molecule has 6 heteroatoms. The Hall–Kier alpha value is -1.02. The zero-order chi connectivity index (χ0) is 17.6. The summed E-state index contributed by atoms with van der Waals surface area (Å²) in [7, 11) is 7.77. The summed E-state index contributed by atoms with van der Waals surface area (Å²) in [4.78, 5) is 6.52. The molecule has 0 aliphatic rings. The number of ether oxygens (including phenoxy) is 1. The van der Waals surface area contributed by atoms with Gasteiger partial charge in [0, 0.05) is 25.7 Å². The summed E-state index contributed by atoms with van der Waals surface area (Å²) in [5.74, 6) is 1.74. The average molecular weight is 462 g/mol. The van der Waals surface area contributed by atoms with Crippen LogP contribution in [-0.4, -0.2) is 52.2 Å². The van der Waals surface area contributed by atoms with Crippen molar-refractivity contribution < 1.29 is 4.74 Å². The standard InChI is InChI=1S/C19H34N4O.HI/c1-20-19(21-14-10-6-5-7-11-15-23(2)3)22-16-17-12-8-9-13-18(17)24-4;/h8-9,12-13H,5-7,10-11,14-16H2,1-4H3,(H2,20,21,22);1H. The van der Waals surface area contributed by atoms with E-state index in [1.54, 1.807) is 14.2 Å². The van der Waals surface area contributed by atoms with Crippen LogP contribution in [0, 0.1) is 0 Å². The van der Waals surface area contributed by atoms with Gasteiger partial charge in [-0.2, -0.15) is 0 Å². The Labute approximate surface area is 170 Å². The summed E-state index contributed by atoms with van der Waals surface area (Å²) in [6, 6.07) is 8.04. The molecule has 0 aromatic heterocycles. The Balaban J connectivity index is 0.00000576. The van der Waals surface area contributed by atoms with Crippen LogP contribution in [0.2, 0.25) is 0 Å². The lowest BCUT2D eigenvalue weighted by Crippen LogP contribution is -2.37. The van der Waals surface area contributed by atoms with Crippen LogP contribution in [-0.2, 0) is 6.54 Å². The summed E-state index contributed by atoms with van der Waals surface area (Å²) in [5, 5.41) is 6.71. The lowest BCUT2D eigenvalue weighted by Gasteiger charge is -2.13. The lowest BCUT2D eigenvalue weighted by molar-refractivity contribution is 0.389. The molecule has 144 valence electrons. The molecule has 0 atom stereocenters. The van der Waals surface area contributed by atoms with E-state index >= 15 is 0 Å². The highest BCUT2D eigenvalue weighted by Crippen LogP contribution is 2.16. The molecule has 0 saturated carbocycles. The minimum atomic E-state index is 0. The molecular formula is C19H35IN4O. The monoisotopic (exact) mass is 462 g/mol. The maximum atomic E-state index is 5.37. The number of hydrogen-bond donors (Lipinski definition) is 2. The minimum Gasteiger partial charge on any atom is -0.496 e. The van der Waals surface area contributed by atoms with Crippen LogP contribution in [0.4, 0.5) is 0 Å². The van der Waals surface area contributed by atoms with Gasteiger partial charge in [-0.15, -0.1) is 24.0 Å². The first-order chi connectivity index (χ1) is 11.7. The van der Waals surface area contributed by atoms with E-state index in [1.807, 2.05) is 18.2 Å². The van der Waals surface area contributed by atoms with Crippen molar-refractivity contribution in [3.63, 3.8) is 0 Å². The predicted molar refractivity (Wildman–Crippen MR) is 118 cm³/mol. The van der Waals surface area contributed by atoms with Crippen molar-refractivity contribution >= 4 is 29.9 Å². The number of para-hydroxylation sites is 1. The van der Waals surface area contributed by atoms with Crippen molar-refractivity contribution in [2.45, 2.75) is 38.6 Å². The average Bonchev–Trinajstić information content (AvgIpc) is 2.59. The van der Waals surface area contributed by atoms with Crippen molar-refractivity contribution in [2.75, 3.05) is 41.3 Å². The van der Waals surface area contributed by atoms with Gasteiger partial charge in [-0.25, -0.2) is 0 Å². The quantitative estimate of drug-likeness (QED) is 0.229. The number of nitrogens with one attached hydrogen (secondary N) is 2. The topological polar surface area (TPSA) is 48.9 Å². The Bertz CT molecular complexity index is 480. The van der Waals surface area contributed by atoms with E-state index < -0.39 is 0 Å². The third-order valence-corrected chi connectivity index (χ3v) is 3.94. The second-order valence-electron chi connectivity index (χ2n) is 6.24. The zero-order valence-corrected chi connectivity index (χ0v) is 18.5. The molecule has 2 N–H and O–H groups in total. The molecule has 0 fully saturated rings. The van der Waals surface area contributed by atoms with Crippen LogP contribution in [0.15, 0.2) is 29.3 Å². The molecule has 0 unspecified atom stereocenters. The number of guanidine groups is 1. The lowest BCUT2D eigenvalue weighted by atomic mass is 10.1. The minimum absolute atomic E-state index is 0. The van der Waals surface area contributed by atoms with Crippen molar-refractivity contribution in [3.05, 3.63) is 29.8 Å². The second kappa shape index (κ2) is 15.3. The van der Waals surface area contributed by atoms with Crippen LogP contribution in [0.1, 0.15) is 37.7 Å². The number of halogens is 1. The van der Waals surface area contributed by atoms with Gasteiger partial charge in [-0.3, -0.25) is 4.99 Å². The summed E-state index contributed by atoms with van der Waals surface area (Å²) in [6.45, 7) is 2.85. The van der Waals surface area contributed by atoms with Crippen molar-refractivity contribution in [2.24, 2.45) is 4.99 Å². The van der Waals surface area contributed by atoms with E-state index in [4.69, 9.17) is 4.74 Å². The molecule has 0 amide bonds. The maximum absolute atomic E-state index is 5.37. The third kappa shape index (κ3) is 11.3. The van der Waals surface area contributed by atoms with Crippen LogP contribution in [0.5, 0.6) is 5.75 Å². The molecule has 0 aliphatic heterocycles. The van der Waals surface area contributed by atoms with Crippen molar-refractivity contribution in [3.8, 4) is 5.75 Å². The molecule has 0 saturated heterocycles. The Morgan fingerprint density at radius 3 is 2.40 bits per heavy atom. The van der Waals surface area contributed by atoms with Crippen LogP contribution >= 0.6 is 24.0 Å². The van der Waals surface area contributed by atoms with Gasteiger partial charge in [0.1, 0.15) is 5.75 Å². The fraction of sp³-hybridized carbons (Fsp3) is 0.632. The van der Waals surface area contributed by atoms with Gasteiger partial charge < -0.3 is 20.3 Å². The number of methoxy groups -OCH3 is 1. The van der Waals surface area contributed by atoms with Gasteiger partial charge in [-0.1, -0.05) is 37.5 Å². The molecule has 0 heterocycles. The molecule has 0 aliphatic carbocycles. The van der Waals surface area contributed by atoms with Gasteiger partial charge in [0.05, 0.1) is 7.11 Å². The Morgan fingerprint density at radius 2 is 1.72 bits per heavy atom. The molecule has 5 nitrogen and oxygen atoms in total. The van der Waals surface area contributed by atoms with Crippen LogP contribution in [0.25, 0.3) is 0 Å². The first-order valence-electron chi connectivity index (χ1n) is 8.88. The molecule has 25 heavy (non-hydrogen) atoms. The van der Waals surface area contributed by atoms with Crippen LogP contribution in [0.3, 0.4) is 0 Å². The largest absolute Gasteiger partial charge is 0.496 e. The highest BCUT2D eigenvalue weighted by atomic mass is 127. The SMILES string of the molecule is CN=C(NCCCCCCCN(C)C)NCc1ccccc1OC.I. The van der Waals surface area contributed by atoms with E-state index in [0.29, 0.717) is 6.54 Å². The van der Waals surface area contributed by atoms with Gasteiger partial charge in [0.25, 0.3) is 0 Å². The first kappa shape index (κ1) is 24.0. The molecule has 1 aromatic carbocycles.